The highest BCUT2D eigenvalue weighted by Gasteiger charge is 2.29. The molecule has 10 nitrogen and oxygen atoms in total. The maximum atomic E-state index is 13.1. The van der Waals surface area contributed by atoms with E-state index >= 15 is 0 Å². The molecule has 0 unspecified atom stereocenters. The first-order valence-electron chi connectivity index (χ1n) is 10.5. The molecule has 33 heavy (non-hydrogen) atoms. The second-order valence-corrected chi connectivity index (χ2v) is 8.40. The molecule has 0 radical (unpaired) electrons. The first kappa shape index (κ1) is 25.6. The number of pyridine rings is 1. The lowest BCUT2D eigenvalue weighted by Gasteiger charge is -2.25. The Hall–Kier alpha value is -3.69. The first-order valence-corrected chi connectivity index (χ1v) is 10.5. The predicted octanol–water partition coefficient (Wildman–Crippen LogP) is 2.98. The summed E-state index contributed by atoms with van der Waals surface area (Å²) < 4.78 is 11.3. The van der Waals surface area contributed by atoms with E-state index < -0.39 is 40.3 Å². The van der Waals surface area contributed by atoms with Gasteiger partial charge in [0.2, 0.25) is 0 Å². The minimum atomic E-state index is -0.956. The van der Waals surface area contributed by atoms with Crippen molar-refractivity contribution in [2.24, 2.45) is 0 Å². The van der Waals surface area contributed by atoms with Crippen LogP contribution in [0.3, 0.4) is 0 Å². The first-order chi connectivity index (χ1) is 15.4. The Labute approximate surface area is 191 Å². The van der Waals surface area contributed by atoms with Gasteiger partial charge in [-0.1, -0.05) is 30.3 Å². The van der Waals surface area contributed by atoms with E-state index in [0.29, 0.717) is 5.69 Å². The van der Waals surface area contributed by atoms with Gasteiger partial charge < -0.3 is 14.4 Å². The van der Waals surface area contributed by atoms with Gasteiger partial charge >= 0.3 is 23.2 Å². The van der Waals surface area contributed by atoms with E-state index in [1.165, 1.54) is 11.0 Å². The number of carbonyl (C=O) groups is 2. The van der Waals surface area contributed by atoms with Gasteiger partial charge in [-0.05, 0) is 46.2 Å². The van der Waals surface area contributed by atoms with E-state index in [9.17, 15) is 24.5 Å². The molecule has 0 aliphatic rings. The number of anilines is 1. The summed E-state index contributed by atoms with van der Waals surface area (Å²) in [6.07, 6.45) is 0. The van der Waals surface area contributed by atoms with Crippen LogP contribution in [0, 0.1) is 17.0 Å². The van der Waals surface area contributed by atoms with E-state index in [4.69, 9.17) is 9.47 Å². The number of ether oxygens (including phenoxy) is 2. The van der Waals surface area contributed by atoms with Gasteiger partial charge in [0, 0.05) is 12.2 Å². The maximum Gasteiger partial charge on any atom is 0.357 e. The lowest BCUT2D eigenvalue weighted by Crippen LogP contribution is -2.36. The molecule has 1 aromatic heterocycles. The summed E-state index contributed by atoms with van der Waals surface area (Å²) in [7, 11) is 0. The Morgan fingerprint density at radius 2 is 1.79 bits per heavy atom. The van der Waals surface area contributed by atoms with Crippen LogP contribution in [-0.2, 0) is 32.2 Å². The van der Waals surface area contributed by atoms with Crippen LogP contribution in [0.15, 0.2) is 41.2 Å². The standard InChI is InChI=1S/C23H29N3O7/c1-6-32-19(27)14-24(13-17-10-8-7-9-11-17)18-12-16(2)25(22(29)21(18)26(30)31)15-20(28)33-23(3,4)5/h7-12H,6,13-15H2,1-5H3. The average molecular weight is 459 g/mol. The van der Waals surface area contributed by atoms with Crippen LogP contribution in [0.1, 0.15) is 39.0 Å². The van der Waals surface area contributed by atoms with Gasteiger partial charge in [0.05, 0.1) is 11.5 Å². The molecule has 0 amide bonds. The van der Waals surface area contributed by atoms with Crippen LogP contribution in [0.5, 0.6) is 0 Å². The maximum absolute atomic E-state index is 13.1. The monoisotopic (exact) mass is 459 g/mol. The van der Waals surface area contributed by atoms with Gasteiger partial charge in [-0.25, -0.2) is 0 Å². The van der Waals surface area contributed by atoms with Gasteiger partial charge in [-0.3, -0.25) is 29.1 Å². The molecule has 0 fully saturated rings. The van der Waals surface area contributed by atoms with Crippen molar-refractivity contribution in [3.05, 3.63) is 68.1 Å². The summed E-state index contributed by atoms with van der Waals surface area (Å²) in [5.41, 5.74) is -1.39. The fourth-order valence-electron chi connectivity index (χ4n) is 3.25. The summed E-state index contributed by atoms with van der Waals surface area (Å²) in [5, 5.41) is 11.9. The third-order valence-electron chi connectivity index (χ3n) is 4.53. The third kappa shape index (κ3) is 7.16. The van der Waals surface area contributed by atoms with Crippen molar-refractivity contribution in [1.82, 2.24) is 4.57 Å². The number of carbonyl (C=O) groups excluding carboxylic acids is 2. The van der Waals surface area contributed by atoms with E-state index in [2.05, 4.69) is 0 Å². The average Bonchev–Trinajstić information content (AvgIpc) is 2.69. The van der Waals surface area contributed by atoms with Crippen molar-refractivity contribution < 1.29 is 24.0 Å². The SMILES string of the molecule is CCOC(=O)CN(Cc1ccccc1)c1cc(C)n(CC(=O)OC(C)(C)C)c(=O)c1[N+](=O)[O-]. The zero-order valence-electron chi connectivity index (χ0n) is 19.5. The molecular formula is C23H29N3O7. The van der Waals surface area contributed by atoms with Crippen LogP contribution in [0.2, 0.25) is 0 Å². The summed E-state index contributed by atoms with van der Waals surface area (Å²) in [4.78, 5) is 50.1. The molecule has 178 valence electrons. The number of aromatic nitrogens is 1. The van der Waals surface area contributed by atoms with Gasteiger partial charge in [-0.15, -0.1) is 0 Å². The minimum Gasteiger partial charge on any atom is -0.465 e. The molecule has 0 bridgehead atoms. The molecule has 10 heteroatoms. The molecule has 0 atom stereocenters. The zero-order chi connectivity index (χ0) is 24.8. The van der Waals surface area contributed by atoms with E-state index in [0.717, 1.165) is 10.1 Å². The predicted molar refractivity (Wildman–Crippen MR) is 122 cm³/mol. The summed E-state index contributed by atoms with van der Waals surface area (Å²) in [6.45, 7) is 7.78. The summed E-state index contributed by atoms with van der Waals surface area (Å²) >= 11 is 0. The van der Waals surface area contributed by atoms with Crippen molar-refractivity contribution in [3.63, 3.8) is 0 Å². The Morgan fingerprint density at radius 1 is 1.15 bits per heavy atom. The Morgan fingerprint density at radius 3 is 2.33 bits per heavy atom. The number of rotatable bonds is 9. The largest absolute Gasteiger partial charge is 0.465 e. The second kappa shape index (κ2) is 10.8. The Bertz CT molecular complexity index is 1070. The van der Waals surface area contributed by atoms with Crippen molar-refractivity contribution in [3.8, 4) is 0 Å². The van der Waals surface area contributed by atoms with Crippen molar-refractivity contribution in [2.75, 3.05) is 18.1 Å². The van der Waals surface area contributed by atoms with Crippen LogP contribution in [0.4, 0.5) is 11.4 Å². The van der Waals surface area contributed by atoms with Crippen LogP contribution in [-0.4, -0.2) is 40.2 Å². The van der Waals surface area contributed by atoms with Crippen LogP contribution < -0.4 is 10.5 Å². The van der Waals surface area contributed by atoms with Crippen molar-refractivity contribution >= 4 is 23.3 Å². The van der Waals surface area contributed by atoms with E-state index in [1.807, 2.05) is 6.07 Å². The second-order valence-electron chi connectivity index (χ2n) is 8.40. The van der Waals surface area contributed by atoms with Gasteiger partial charge in [-0.2, -0.15) is 0 Å². The van der Waals surface area contributed by atoms with E-state index in [1.54, 1.807) is 58.9 Å². The molecule has 1 heterocycles. The highest BCUT2D eigenvalue weighted by atomic mass is 16.6. The number of benzene rings is 1. The lowest BCUT2D eigenvalue weighted by atomic mass is 10.1. The van der Waals surface area contributed by atoms with Crippen LogP contribution in [0.25, 0.3) is 0 Å². The molecule has 1 aromatic carbocycles. The quantitative estimate of drug-likeness (QED) is 0.319. The molecule has 0 aliphatic heterocycles. The fourth-order valence-corrected chi connectivity index (χ4v) is 3.25. The molecule has 2 rings (SSSR count). The third-order valence-corrected chi connectivity index (χ3v) is 4.53. The highest BCUT2D eigenvalue weighted by Crippen LogP contribution is 2.27. The summed E-state index contributed by atoms with van der Waals surface area (Å²) in [5.74, 6) is -1.28. The Kier molecular flexibility index (Phi) is 8.33. The van der Waals surface area contributed by atoms with Crippen molar-refractivity contribution in [1.29, 1.82) is 0 Å². The Balaban J connectivity index is 2.55. The van der Waals surface area contributed by atoms with Crippen LogP contribution >= 0.6 is 0 Å². The molecule has 0 aliphatic carbocycles. The number of hydrogen-bond donors (Lipinski definition) is 0. The normalized spacial score (nSPS) is 11.1. The molecule has 0 saturated heterocycles. The zero-order valence-corrected chi connectivity index (χ0v) is 19.5. The number of esters is 2. The molecular weight excluding hydrogens is 430 g/mol. The van der Waals surface area contributed by atoms with Gasteiger partial charge in [0.1, 0.15) is 24.4 Å². The number of nitro groups is 1. The van der Waals surface area contributed by atoms with E-state index in [-0.39, 0.29) is 25.4 Å². The number of aryl methyl sites for hydroxylation is 1. The molecule has 0 saturated carbocycles. The topological polar surface area (TPSA) is 121 Å². The number of hydrogen-bond acceptors (Lipinski definition) is 8. The smallest absolute Gasteiger partial charge is 0.357 e. The minimum absolute atomic E-state index is 0.0279. The lowest BCUT2D eigenvalue weighted by molar-refractivity contribution is -0.385. The summed E-state index contributed by atoms with van der Waals surface area (Å²) in [6, 6.07) is 10.5. The molecule has 0 N–H and O–H groups in total. The fraction of sp³-hybridized carbons (Fsp3) is 0.435. The molecule has 2 aromatic rings. The van der Waals surface area contributed by atoms with Gasteiger partial charge in [0.25, 0.3) is 0 Å². The van der Waals surface area contributed by atoms with Crippen molar-refractivity contribution in [2.45, 2.75) is 53.3 Å². The highest BCUT2D eigenvalue weighted by molar-refractivity contribution is 5.78. The molecule has 0 spiro atoms. The van der Waals surface area contributed by atoms with Gasteiger partial charge in [0.15, 0.2) is 0 Å². The number of nitrogens with zero attached hydrogens (tertiary/aromatic N) is 3.